The molecule has 3 rings (SSSR count). The smallest absolute Gasteiger partial charge is 0.305 e. The first-order valence-electron chi connectivity index (χ1n) is 10.4. The highest BCUT2D eigenvalue weighted by molar-refractivity contribution is 7.16. The van der Waals surface area contributed by atoms with E-state index in [4.69, 9.17) is 4.74 Å². The number of halogens is 2. The van der Waals surface area contributed by atoms with Gasteiger partial charge in [0.25, 0.3) is 0 Å². The lowest BCUT2D eigenvalue weighted by Gasteiger charge is -2.23. The average molecular weight is 519 g/mol. The van der Waals surface area contributed by atoms with Crippen molar-refractivity contribution in [2.24, 2.45) is 0 Å². The van der Waals surface area contributed by atoms with Crippen LogP contribution in [0, 0.1) is 0 Å². The molecule has 0 unspecified atom stereocenters. The van der Waals surface area contributed by atoms with Gasteiger partial charge in [0.2, 0.25) is 0 Å². The summed E-state index contributed by atoms with van der Waals surface area (Å²) in [6, 6.07) is 11.6. The highest BCUT2D eigenvalue weighted by atomic mass is 35.5. The van der Waals surface area contributed by atoms with Crippen LogP contribution in [0.5, 0.6) is 5.75 Å². The number of aliphatic hydroxyl groups excluding tert-OH is 1. The highest BCUT2D eigenvalue weighted by Gasteiger charge is 2.16. The van der Waals surface area contributed by atoms with Gasteiger partial charge in [-0.1, -0.05) is 41.7 Å². The van der Waals surface area contributed by atoms with E-state index in [-0.39, 0.29) is 41.0 Å². The number of methoxy groups -OCH3 is 1. The number of rotatable bonds is 11. The number of ether oxygens (including phenoxy) is 1. The Bertz CT molecular complexity index is 1070. The van der Waals surface area contributed by atoms with Gasteiger partial charge in [-0.3, -0.25) is 4.79 Å². The fraction of sp³-hybridized carbons (Fsp3) is 0.435. The summed E-state index contributed by atoms with van der Waals surface area (Å²) in [5.74, 6) is 0.0115. The van der Waals surface area contributed by atoms with E-state index in [2.05, 4.69) is 53.7 Å². The molecular weight excluding hydrogens is 485 g/mol. The van der Waals surface area contributed by atoms with Gasteiger partial charge < -0.3 is 30.6 Å². The number of nitrogens with one attached hydrogen (secondary N) is 3. The molecule has 0 saturated heterocycles. The number of aromatic nitrogens is 1. The Morgan fingerprint density at radius 3 is 2.61 bits per heavy atom. The summed E-state index contributed by atoms with van der Waals surface area (Å²) in [6.07, 6.45) is 0.0706. The van der Waals surface area contributed by atoms with Gasteiger partial charge in [-0.15, -0.1) is 24.8 Å². The molecule has 0 aliphatic carbocycles. The lowest BCUT2D eigenvalue weighted by Crippen LogP contribution is -2.36. The minimum atomic E-state index is -0.769. The molecule has 0 radical (unpaired) electrons. The third-order valence-electron chi connectivity index (χ3n) is 5.30. The van der Waals surface area contributed by atoms with E-state index in [0.29, 0.717) is 22.3 Å². The van der Waals surface area contributed by atoms with Crippen molar-refractivity contribution in [3.05, 3.63) is 62.8 Å². The normalized spacial score (nSPS) is 12.2. The number of hydrogen-bond acceptors (Lipinski definition) is 7. The molecular formula is C23H33Cl2N3O4S. The molecule has 1 atom stereocenters. The minimum Gasteiger partial charge on any atom is -0.506 e. The molecule has 0 aliphatic heterocycles. The lowest BCUT2D eigenvalue weighted by molar-refractivity contribution is 0.0230. The van der Waals surface area contributed by atoms with Crippen molar-refractivity contribution in [3.63, 3.8) is 0 Å². The number of thiazole rings is 1. The molecule has 1 aromatic heterocycles. The van der Waals surface area contributed by atoms with E-state index >= 15 is 0 Å². The molecule has 10 heteroatoms. The summed E-state index contributed by atoms with van der Waals surface area (Å²) in [7, 11) is 1.72. The molecule has 0 spiro atoms. The Morgan fingerprint density at radius 2 is 1.88 bits per heavy atom. The van der Waals surface area contributed by atoms with Gasteiger partial charge in [0.15, 0.2) is 0 Å². The van der Waals surface area contributed by atoms with Crippen molar-refractivity contribution >= 4 is 46.4 Å². The van der Waals surface area contributed by atoms with E-state index in [1.54, 1.807) is 13.2 Å². The quantitative estimate of drug-likeness (QED) is 0.249. The summed E-state index contributed by atoms with van der Waals surface area (Å²) >= 11 is 0.995. The number of H-pyrrole nitrogens is 1. The number of hydrogen-bond donors (Lipinski definition) is 5. The first-order chi connectivity index (χ1) is 14.8. The van der Waals surface area contributed by atoms with Crippen LogP contribution >= 0.6 is 36.2 Å². The first-order valence-corrected chi connectivity index (χ1v) is 11.2. The molecule has 2 aromatic carbocycles. The molecule has 0 saturated carbocycles. The standard InChI is InChI=1S/C23H31N3O4S.2ClH/c1-23(2,30-3)14-25-12-16-6-4-5-15(11-16)9-10-24-13-19(28)17-7-8-18(27)20-21(17)31-22(29)26-20;;/h4-8,11,19,24-25,27-28H,9-10,12-14H2,1-3H3,(H,26,29);2*1H/t19-;;/m0../s1. The van der Waals surface area contributed by atoms with Crippen molar-refractivity contribution < 1.29 is 14.9 Å². The van der Waals surface area contributed by atoms with Crippen molar-refractivity contribution in [1.29, 1.82) is 0 Å². The molecule has 0 bridgehead atoms. The van der Waals surface area contributed by atoms with Crippen LogP contribution < -0.4 is 15.5 Å². The van der Waals surface area contributed by atoms with E-state index in [9.17, 15) is 15.0 Å². The zero-order chi connectivity index (χ0) is 22.4. The van der Waals surface area contributed by atoms with Crippen LogP contribution in [0.1, 0.15) is 36.6 Å². The van der Waals surface area contributed by atoms with Gasteiger partial charge >= 0.3 is 4.87 Å². The predicted molar refractivity (Wildman–Crippen MR) is 139 cm³/mol. The average Bonchev–Trinajstić information content (AvgIpc) is 3.14. The van der Waals surface area contributed by atoms with Crippen LogP contribution in [0.3, 0.4) is 0 Å². The monoisotopic (exact) mass is 517 g/mol. The molecule has 0 aliphatic rings. The minimum absolute atomic E-state index is 0. The summed E-state index contributed by atoms with van der Waals surface area (Å²) in [4.78, 5) is 14.0. The third-order valence-corrected chi connectivity index (χ3v) is 6.23. The zero-order valence-corrected chi connectivity index (χ0v) is 21.5. The summed E-state index contributed by atoms with van der Waals surface area (Å²) in [6.45, 7) is 6.73. The van der Waals surface area contributed by atoms with Gasteiger partial charge in [0.1, 0.15) is 11.3 Å². The number of aliphatic hydroxyl groups is 1. The van der Waals surface area contributed by atoms with Gasteiger partial charge in [0.05, 0.1) is 16.4 Å². The van der Waals surface area contributed by atoms with E-state index in [1.165, 1.54) is 17.2 Å². The Morgan fingerprint density at radius 1 is 1.15 bits per heavy atom. The summed E-state index contributed by atoms with van der Waals surface area (Å²) in [5, 5.41) is 27.2. The van der Waals surface area contributed by atoms with Crippen LogP contribution in [-0.2, 0) is 17.7 Å². The maximum atomic E-state index is 11.6. The molecule has 1 heterocycles. The Hall–Kier alpha value is -1.65. The number of aromatic amines is 1. The third kappa shape index (κ3) is 8.26. The number of benzene rings is 2. The summed E-state index contributed by atoms with van der Waals surface area (Å²) < 4.78 is 6.02. The fourth-order valence-corrected chi connectivity index (χ4v) is 4.28. The maximum absolute atomic E-state index is 11.6. The van der Waals surface area contributed by atoms with E-state index in [0.717, 1.165) is 37.4 Å². The van der Waals surface area contributed by atoms with E-state index in [1.807, 2.05) is 0 Å². The topological polar surface area (TPSA) is 107 Å². The fourth-order valence-electron chi connectivity index (χ4n) is 3.36. The van der Waals surface area contributed by atoms with Gasteiger partial charge in [-0.05, 0) is 44.0 Å². The van der Waals surface area contributed by atoms with Crippen molar-refractivity contribution in [2.45, 2.75) is 38.5 Å². The second kappa shape index (κ2) is 13.3. The summed E-state index contributed by atoms with van der Waals surface area (Å²) in [5.41, 5.74) is 3.27. The Balaban J connectivity index is 0.00000272. The molecule has 3 aromatic rings. The molecule has 184 valence electrons. The van der Waals surface area contributed by atoms with Crippen molar-refractivity contribution in [2.75, 3.05) is 26.7 Å². The van der Waals surface area contributed by atoms with Gasteiger partial charge in [-0.2, -0.15) is 0 Å². The molecule has 0 amide bonds. The Labute approximate surface area is 210 Å². The molecule has 0 fully saturated rings. The van der Waals surface area contributed by atoms with Gasteiger partial charge in [-0.25, -0.2) is 0 Å². The van der Waals surface area contributed by atoms with Crippen molar-refractivity contribution in [1.82, 2.24) is 15.6 Å². The largest absolute Gasteiger partial charge is 0.506 e. The second-order valence-corrected chi connectivity index (χ2v) is 9.23. The molecule has 5 N–H and O–H groups in total. The maximum Gasteiger partial charge on any atom is 0.305 e. The van der Waals surface area contributed by atoms with Crippen molar-refractivity contribution in [3.8, 4) is 5.75 Å². The SMILES string of the molecule is COC(C)(C)CNCc1cccc(CCNC[C@H](O)c2ccc(O)c3[nH]c(=O)sc23)c1.Cl.Cl. The molecule has 33 heavy (non-hydrogen) atoms. The molecule has 7 nitrogen and oxygen atoms in total. The number of aromatic hydroxyl groups is 1. The van der Waals surface area contributed by atoms with Crippen LogP contribution in [0.4, 0.5) is 0 Å². The number of phenols is 1. The number of fused-ring (bicyclic) bond motifs is 1. The second-order valence-electron chi connectivity index (χ2n) is 8.25. The van der Waals surface area contributed by atoms with Gasteiger partial charge in [0, 0.05) is 32.3 Å². The zero-order valence-electron chi connectivity index (χ0n) is 19.0. The van der Waals surface area contributed by atoms with Crippen LogP contribution in [0.2, 0.25) is 0 Å². The van der Waals surface area contributed by atoms with E-state index < -0.39 is 6.10 Å². The highest BCUT2D eigenvalue weighted by Crippen LogP contribution is 2.31. The predicted octanol–water partition coefficient (Wildman–Crippen LogP) is 3.52. The van der Waals surface area contributed by atoms with Crippen LogP contribution in [0.15, 0.2) is 41.2 Å². The first kappa shape index (κ1) is 29.4. The lowest BCUT2D eigenvalue weighted by atomic mass is 10.1. The van der Waals surface area contributed by atoms with Crippen LogP contribution in [0.25, 0.3) is 10.2 Å². The number of phenolic OH excluding ortho intramolecular Hbond substituents is 1. The van der Waals surface area contributed by atoms with Crippen LogP contribution in [-0.4, -0.2) is 47.5 Å². The Kier molecular flexibility index (Phi) is 11.8.